The zero-order chi connectivity index (χ0) is 20.1. The van der Waals surface area contributed by atoms with E-state index < -0.39 is 5.97 Å². The Labute approximate surface area is 167 Å². The second kappa shape index (κ2) is 8.67. The lowest BCUT2D eigenvalue weighted by Gasteiger charge is -2.09. The van der Waals surface area contributed by atoms with Crippen LogP contribution in [0, 0.1) is 13.8 Å². The Kier molecular flexibility index (Phi) is 6.06. The van der Waals surface area contributed by atoms with Crippen LogP contribution in [0.1, 0.15) is 38.1 Å². The zero-order valence-electron chi connectivity index (χ0n) is 15.8. The minimum absolute atomic E-state index is 0.271. The molecule has 0 saturated heterocycles. The van der Waals surface area contributed by atoms with Crippen LogP contribution in [0.3, 0.4) is 0 Å². The molecule has 0 bridgehead atoms. The Balaban J connectivity index is 1.81. The van der Waals surface area contributed by atoms with Crippen LogP contribution in [0.15, 0.2) is 48.7 Å². The third-order valence-corrected chi connectivity index (χ3v) is 5.17. The molecule has 0 aliphatic heterocycles. The summed E-state index contributed by atoms with van der Waals surface area (Å²) in [7, 11) is 0. The predicted octanol–water partition coefficient (Wildman–Crippen LogP) is 4.98. The van der Waals surface area contributed by atoms with Gasteiger partial charge in [0.1, 0.15) is 10.8 Å². The van der Waals surface area contributed by atoms with E-state index in [-0.39, 0.29) is 12.5 Å². The van der Waals surface area contributed by atoms with Crippen molar-refractivity contribution in [2.75, 3.05) is 11.9 Å². The lowest BCUT2D eigenvalue weighted by Crippen LogP contribution is -2.15. The molecule has 3 aromatic rings. The molecule has 28 heavy (non-hydrogen) atoms. The third kappa shape index (κ3) is 4.37. The number of nitrogens with one attached hydrogen (secondary N) is 1. The topological polar surface area (TPSA) is 77.5 Å². The van der Waals surface area contributed by atoms with Gasteiger partial charge in [-0.1, -0.05) is 12.1 Å². The number of amides is 1. The van der Waals surface area contributed by atoms with E-state index in [4.69, 9.17) is 9.47 Å². The number of benzene rings is 1. The van der Waals surface area contributed by atoms with E-state index in [1.54, 1.807) is 49.5 Å². The van der Waals surface area contributed by atoms with Crippen molar-refractivity contribution in [2.24, 2.45) is 0 Å². The second-order valence-electron chi connectivity index (χ2n) is 5.96. The Morgan fingerprint density at radius 1 is 1.14 bits per heavy atom. The lowest BCUT2D eigenvalue weighted by atomic mass is 10.1. The van der Waals surface area contributed by atoms with Crippen LogP contribution < -0.4 is 10.1 Å². The molecule has 0 fully saturated rings. The Morgan fingerprint density at radius 3 is 2.68 bits per heavy atom. The average Bonchev–Trinajstić information content (AvgIpc) is 2.96. The van der Waals surface area contributed by atoms with Gasteiger partial charge in [-0.25, -0.2) is 9.78 Å². The number of esters is 1. The number of nitrogens with zero attached hydrogens (tertiary/aromatic N) is 1. The van der Waals surface area contributed by atoms with E-state index in [1.807, 2.05) is 19.9 Å². The summed E-state index contributed by atoms with van der Waals surface area (Å²) in [5.74, 6) is 0.162. The number of rotatable bonds is 6. The smallest absolute Gasteiger partial charge is 0.341 e. The van der Waals surface area contributed by atoms with Gasteiger partial charge in [-0.3, -0.25) is 4.79 Å². The Morgan fingerprint density at radius 2 is 1.96 bits per heavy atom. The number of hydrogen-bond donors (Lipinski definition) is 1. The summed E-state index contributed by atoms with van der Waals surface area (Å²) in [4.78, 5) is 30.1. The maximum Gasteiger partial charge on any atom is 0.341 e. The van der Waals surface area contributed by atoms with Crippen LogP contribution in [0.2, 0.25) is 0 Å². The number of hydrogen-bond acceptors (Lipinski definition) is 6. The summed E-state index contributed by atoms with van der Waals surface area (Å²) in [6.45, 7) is 5.76. The van der Waals surface area contributed by atoms with E-state index in [2.05, 4.69) is 10.3 Å². The first-order valence-corrected chi connectivity index (χ1v) is 9.58. The van der Waals surface area contributed by atoms with Gasteiger partial charge in [0.05, 0.1) is 12.2 Å². The number of aromatic nitrogens is 1. The molecular weight excluding hydrogens is 376 g/mol. The highest BCUT2D eigenvalue weighted by atomic mass is 32.1. The zero-order valence-corrected chi connectivity index (χ0v) is 16.6. The molecule has 0 atom stereocenters. The van der Waals surface area contributed by atoms with E-state index >= 15 is 0 Å². The van der Waals surface area contributed by atoms with Crippen molar-refractivity contribution >= 4 is 28.2 Å². The molecule has 7 heteroatoms. The normalized spacial score (nSPS) is 10.4. The van der Waals surface area contributed by atoms with Crippen LogP contribution in [0.25, 0.3) is 0 Å². The molecule has 1 N–H and O–H groups in total. The van der Waals surface area contributed by atoms with Crippen LogP contribution >= 0.6 is 11.3 Å². The average molecular weight is 396 g/mol. The van der Waals surface area contributed by atoms with Crippen LogP contribution in [0.4, 0.5) is 5.00 Å². The van der Waals surface area contributed by atoms with Gasteiger partial charge >= 0.3 is 5.97 Å². The maximum absolute atomic E-state index is 12.7. The summed E-state index contributed by atoms with van der Waals surface area (Å²) in [6, 6.07) is 12.1. The molecule has 0 saturated carbocycles. The van der Waals surface area contributed by atoms with Gasteiger partial charge in [0.25, 0.3) is 5.91 Å². The molecule has 0 radical (unpaired) electrons. The number of pyridine rings is 1. The van der Waals surface area contributed by atoms with Crippen molar-refractivity contribution in [2.45, 2.75) is 20.8 Å². The lowest BCUT2D eigenvalue weighted by molar-refractivity contribution is 0.0527. The van der Waals surface area contributed by atoms with Gasteiger partial charge in [-0.05, 0) is 50.6 Å². The van der Waals surface area contributed by atoms with Gasteiger partial charge in [0, 0.05) is 22.7 Å². The molecule has 0 spiro atoms. The molecule has 6 nitrogen and oxygen atoms in total. The number of ether oxygens (including phenoxy) is 2. The van der Waals surface area contributed by atoms with E-state index in [0.717, 1.165) is 10.4 Å². The largest absolute Gasteiger partial charge is 0.462 e. The molecule has 0 unspecified atom stereocenters. The first kappa shape index (κ1) is 19.6. The minimum Gasteiger partial charge on any atom is -0.462 e. The van der Waals surface area contributed by atoms with Crippen molar-refractivity contribution in [1.82, 2.24) is 4.98 Å². The third-order valence-electron chi connectivity index (χ3n) is 4.05. The van der Waals surface area contributed by atoms with Crippen LogP contribution in [-0.2, 0) is 4.74 Å². The number of carbonyl (C=O) groups is 2. The standard InChI is InChI=1S/C21H20N2O4S/c1-4-26-21(25)18-13(2)14(3)28-20(18)23-19(24)15-8-7-9-16(12-15)27-17-10-5-6-11-22-17/h5-12H,4H2,1-3H3,(H,23,24). The van der Waals surface area contributed by atoms with E-state index in [9.17, 15) is 9.59 Å². The molecule has 0 aliphatic carbocycles. The fraction of sp³-hybridized carbons (Fsp3) is 0.190. The summed E-state index contributed by atoms with van der Waals surface area (Å²) in [5, 5.41) is 3.31. The number of anilines is 1. The summed E-state index contributed by atoms with van der Waals surface area (Å²) >= 11 is 1.35. The summed E-state index contributed by atoms with van der Waals surface area (Å²) in [6.07, 6.45) is 1.63. The second-order valence-corrected chi connectivity index (χ2v) is 7.18. The first-order valence-electron chi connectivity index (χ1n) is 8.77. The molecular formula is C21H20N2O4S. The van der Waals surface area contributed by atoms with Gasteiger partial charge in [0.2, 0.25) is 5.88 Å². The van der Waals surface area contributed by atoms with Gasteiger partial charge in [-0.15, -0.1) is 11.3 Å². The highest BCUT2D eigenvalue weighted by Gasteiger charge is 2.22. The van der Waals surface area contributed by atoms with Crippen LogP contribution in [0.5, 0.6) is 11.6 Å². The molecule has 2 aromatic heterocycles. The van der Waals surface area contributed by atoms with E-state index in [1.165, 1.54) is 11.3 Å². The molecule has 144 valence electrons. The van der Waals surface area contributed by atoms with Gasteiger partial charge in [0.15, 0.2) is 0 Å². The maximum atomic E-state index is 12.7. The number of aryl methyl sites for hydroxylation is 1. The number of thiophene rings is 1. The highest BCUT2D eigenvalue weighted by molar-refractivity contribution is 7.16. The monoisotopic (exact) mass is 396 g/mol. The van der Waals surface area contributed by atoms with Gasteiger partial charge in [-0.2, -0.15) is 0 Å². The molecule has 0 aliphatic rings. The quantitative estimate of drug-likeness (QED) is 0.595. The van der Waals surface area contributed by atoms with Crippen molar-refractivity contribution in [3.05, 3.63) is 70.2 Å². The summed E-state index contributed by atoms with van der Waals surface area (Å²) in [5.41, 5.74) is 1.62. The van der Waals surface area contributed by atoms with Crippen molar-refractivity contribution in [3.63, 3.8) is 0 Å². The van der Waals surface area contributed by atoms with Crippen molar-refractivity contribution in [1.29, 1.82) is 0 Å². The van der Waals surface area contributed by atoms with Crippen molar-refractivity contribution < 1.29 is 19.1 Å². The van der Waals surface area contributed by atoms with Crippen molar-refractivity contribution in [3.8, 4) is 11.6 Å². The Bertz CT molecular complexity index is 999. The molecule has 2 heterocycles. The molecule has 3 rings (SSSR count). The fourth-order valence-corrected chi connectivity index (χ4v) is 3.61. The van der Waals surface area contributed by atoms with E-state index in [0.29, 0.717) is 27.8 Å². The highest BCUT2D eigenvalue weighted by Crippen LogP contribution is 2.33. The minimum atomic E-state index is -0.438. The Hall–Kier alpha value is -3.19. The molecule has 1 aromatic carbocycles. The number of carbonyl (C=O) groups excluding carboxylic acids is 2. The molecule has 1 amide bonds. The fourth-order valence-electron chi connectivity index (χ4n) is 2.57. The van der Waals surface area contributed by atoms with Gasteiger partial charge < -0.3 is 14.8 Å². The predicted molar refractivity (Wildman–Crippen MR) is 108 cm³/mol. The summed E-state index contributed by atoms with van der Waals surface area (Å²) < 4.78 is 10.8. The van der Waals surface area contributed by atoms with Crippen LogP contribution in [-0.4, -0.2) is 23.5 Å². The first-order chi connectivity index (χ1) is 13.5. The SMILES string of the molecule is CCOC(=O)c1c(NC(=O)c2cccc(Oc3ccccn3)c2)sc(C)c1C.